The lowest BCUT2D eigenvalue weighted by Crippen LogP contribution is -2.51. The van der Waals surface area contributed by atoms with Gasteiger partial charge in [-0.1, -0.05) is 79.7 Å². The molecule has 2 amide bonds. The largest absolute Gasteiger partial charge is 0.355 e. The van der Waals surface area contributed by atoms with Gasteiger partial charge in [0.1, 0.15) is 0 Å². The number of benzene rings is 3. The van der Waals surface area contributed by atoms with Gasteiger partial charge in [-0.2, -0.15) is 0 Å². The third-order valence-corrected chi connectivity index (χ3v) is 7.03. The van der Waals surface area contributed by atoms with Gasteiger partial charge < -0.3 is 10.2 Å². The second-order valence-electron chi connectivity index (χ2n) is 9.28. The zero-order valence-electron chi connectivity index (χ0n) is 20.0. The quantitative estimate of drug-likeness (QED) is 0.516. The van der Waals surface area contributed by atoms with Crippen LogP contribution >= 0.6 is 0 Å². The summed E-state index contributed by atoms with van der Waals surface area (Å²) in [4.78, 5) is 28.4. The number of hydrogen-bond donors (Lipinski definition) is 1. The number of amides is 2. The molecule has 1 heterocycles. The molecule has 4 heteroatoms. The highest BCUT2D eigenvalue weighted by Gasteiger charge is 2.42. The molecule has 3 aromatic rings. The van der Waals surface area contributed by atoms with Gasteiger partial charge in [-0.05, 0) is 60.9 Å². The summed E-state index contributed by atoms with van der Waals surface area (Å²) in [5.41, 5.74) is 3.93. The highest BCUT2D eigenvalue weighted by atomic mass is 16.2. The van der Waals surface area contributed by atoms with E-state index in [0.29, 0.717) is 44.5 Å². The van der Waals surface area contributed by atoms with Gasteiger partial charge >= 0.3 is 0 Å². The minimum Gasteiger partial charge on any atom is -0.355 e. The summed E-state index contributed by atoms with van der Waals surface area (Å²) >= 11 is 0. The molecule has 0 radical (unpaired) electrons. The normalized spacial score (nSPS) is 15.0. The summed E-state index contributed by atoms with van der Waals surface area (Å²) in [6.45, 7) is 3.95. The number of likely N-dealkylation sites (tertiary alicyclic amines) is 1. The number of piperidine rings is 1. The average molecular weight is 455 g/mol. The molecule has 1 aliphatic heterocycles. The molecule has 34 heavy (non-hydrogen) atoms. The molecule has 1 fully saturated rings. The van der Waals surface area contributed by atoms with Crippen molar-refractivity contribution in [2.24, 2.45) is 5.41 Å². The maximum atomic E-state index is 13.5. The summed E-state index contributed by atoms with van der Waals surface area (Å²) in [5, 5.41) is 3.22. The van der Waals surface area contributed by atoms with Crippen molar-refractivity contribution >= 4 is 11.8 Å². The van der Waals surface area contributed by atoms with Crippen molar-refractivity contribution in [3.8, 4) is 0 Å². The van der Waals surface area contributed by atoms with E-state index in [4.69, 9.17) is 0 Å². The number of rotatable bonds is 8. The van der Waals surface area contributed by atoms with E-state index in [1.165, 1.54) is 11.1 Å². The van der Waals surface area contributed by atoms with E-state index in [9.17, 15) is 9.59 Å². The van der Waals surface area contributed by atoms with Crippen LogP contribution in [-0.2, 0) is 24.1 Å². The fourth-order valence-electron chi connectivity index (χ4n) is 4.82. The molecule has 1 saturated heterocycles. The number of carbonyl (C=O) groups is 2. The molecule has 3 aromatic carbocycles. The van der Waals surface area contributed by atoms with Crippen LogP contribution < -0.4 is 5.32 Å². The molecule has 0 saturated carbocycles. The summed E-state index contributed by atoms with van der Waals surface area (Å²) in [7, 11) is 0. The molecular weight excluding hydrogens is 420 g/mol. The summed E-state index contributed by atoms with van der Waals surface area (Å²) in [6.07, 6.45) is 3.87. The fraction of sp³-hybridized carbons (Fsp3) is 0.333. The molecule has 0 aromatic heterocycles. The molecule has 0 aliphatic carbocycles. The fourth-order valence-corrected chi connectivity index (χ4v) is 4.82. The molecule has 176 valence electrons. The maximum Gasteiger partial charge on any atom is 0.253 e. The summed E-state index contributed by atoms with van der Waals surface area (Å²) in [5.74, 6) is 0.151. The molecule has 4 nitrogen and oxygen atoms in total. The first-order valence-electron chi connectivity index (χ1n) is 12.3. The Bertz CT molecular complexity index is 1070. The number of hydrogen-bond acceptors (Lipinski definition) is 2. The molecule has 0 bridgehead atoms. The minimum atomic E-state index is -0.499. The Morgan fingerprint density at radius 2 is 1.38 bits per heavy atom. The Kier molecular flexibility index (Phi) is 7.79. The van der Waals surface area contributed by atoms with Crippen LogP contribution in [0.25, 0.3) is 0 Å². The molecule has 1 N–H and O–H groups in total. The highest BCUT2D eigenvalue weighted by Crippen LogP contribution is 2.36. The lowest BCUT2D eigenvalue weighted by Gasteiger charge is -2.41. The van der Waals surface area contributed by atoms with Crippen LogP contribution in [0.3, 0.4) is 0 Å². The van der Waals surface area contributed by atoms with E-state index in [0.717, 1.165) is 18.4 Å². The Labute approximate surface area is 203 Å². The van der Waals surface area contributed by atoms with Crippen molar-refractivity contribution in [3.05, 3.63) is 107 Å². The summed E-state index contributed by atoms with van der Waals surface area (Å²) < 4.78 is 0. The Balaban J connectivity index is 1.42. The predicted molar refractivity (Wildman–Crippen MR) is 137 cm³/mol. The minimum absolute atomic E-state index is 0.0462. The molecule has 1 aliphatic rings. The van der Waals surface area contributed by atoms with Crippen LogP contribution in [0.2, 0.25) is 0 Å². The first-order chi connectivity index (χ1) is 16.6. The number of aryl methyl sites for hydroxylation is 1. The van der Waals surface area contributed by atoms with E-state index in [1.807, 2.05) is 53.4 Å². The molecule has 0 unspecified atom stereocenters. The predicted octanol–water partition coefficient (Wildman–Crippen LogP) is 5.07. The maximum absolute atomic E-state index is 13.5. The Morgan fingerprint density at radius 1 is 0.794 bits per heavy atom. The van der Waals surface area contributed by atoms with Crippen molar-refractivity contribution in [2.45, 2.75) is 39.0 Å². The molecule has 0 spiro atoms. The van der Waals surface area contributed by atoms with Gasteiger partial charge in [0.05, 0.1) is 5.41 Å². The highest BCUT2D eigenvalue weighted by molar-refractivity contribution is 5.94. The molecule has 4 rings (SSSR count). The summed E-state index contributed by atoms with van der Waals surface area (Å²) in [6, 6.07) is 28.3. The second-order valence-corrected chi connectivity index (χ2v) is 9.28. The van der Waals surface area contributed by atoms with Crippen molar-refractivity contribution in [3.63, 3.8) is 0 Å². The lowest BCUT2D eigenvalue weighted by atomic mass is 9.72. The first kappa shape index (κ1) is 23.7. The van der Waals surface area contributed by atoms with Gasteiger partial charge in [-0.25, -0.2) is 0 Å². The van der Waals surface area contributed by atoms with Crippen molar-refractivity contribution < 1.29 is 9.59 Å². The molecule has 0 atom stereocenters. The van der Waals surface area contributed by atoms with Gasteiger partial charge in [0.15, 0.2) is 0 Å². The Hall–Kier alpha value is -3.40. The van der Waals surface area contributed by atoms with Crippen LogP contribution in [0.15, 0.2) is 84.9 Å². The third-order valence-electron chi connectivity index (χ3n) is 7.03. The van der Waals surface area contributed by atoms with Crippen LogP contribution in [0.1, 0.15) is 46.8 Å². The second kappa shape index (κ2) is 11.1. The zero-order chi connectivity index (χ0) is 23.8. The third kappa shape index (κ3) is 5.74. The van der Waals surface area contributed by atoms with Gasteiger partial charge in [0.25, 0.3) is 5.91 Å². The van der Waals surface area contributed by atoms with Crippen molar-refractivity contribution in [1.29, 1.82) is 0 Å². The Morgan fingerprint density at radius 3 is 2.00 bits per heavy atom. The smallest absolute Gasteiger partial charge is 0.253 e. The van der Waals surface area contributed by atoms with E-state index in [-0.39, 0.29) is 11.8 Å². The topological polar surface area (TPSA) is 49.4 Å². The van der Waals surface area contributed by atoms with Crippen LogP contribution in [0, 0.1) is 5.41 Å². The van der Waals surface area contributed by atoms with Gasteiger partial charge in [0.2, 0.25) is 5.91 Å². The van der Waals surface area contributed by atoms with E-state index < -0.39 is 5.41 Å². The van der Waals surface area contributed by atoms with Gasteiger partial charge in [-0.3, -0.25) is 9.59 Å². The number of carbonyl (C=O) groups excluding carboxylic acids is 2. The lowest BCUT2D eigenvalue weighted by molar-refractivity contribution is -0.133. The van der Waals surface area contributed by atoms with Gasteiger partial charge in [-0.15, -0.1) is 0 Å². The van der Waals surface area contributed by atoms with E-state index >= 15 is 0 Å². The number of nitrogens with one attached hydrogen (secondary N) is 1. The van der Waals surface area contributed by atoms with Crippen molar-refractivity contribution in [2.75, 3.05) is 19.6 Å². The first-order valence-corrected chi connectivity index (χ1v) is 12.3. The van der Waals surface area contributed by atoms with Crippen LogP contribution in [0.5, 0.6) is 0 Å². The van der Waals surface area contributed by atoms with Crippen LogP contribution in [0.4, 0.5) is 0 Å². The van der Waals surface area contributed by atoms with Crippen LogP contribution in [-0.4, -0.2) is 36.3 Å². The molecular formula is C30H34N2O2. The van der Waals surface area contributed by atoms with E-state index in [1.54, 1.807) is 0 Å². The van der Waals surface area contributed by atoms with Gasteiger partial charge in [0, 0.05) is 25.2 Å². The standard InChI is InChI=1S/C30H34N2O2/c1-2-24-13-15-25(16-14-24)17-20-31-29(34)30(23-26-9-5-3-6-10-26)18-21-32(22-19-30)28(33)27-11-7-4-8-12-27/h3-16H,2,17-23H2,1H3,(H,31,34). The van der Waals surface area contributed by atoms with Crippen molar-refractivity contribution in [1.82, 2.24) is 10.2 Å². The number of nitrogens with zero attached hydrogens (tertiary/aromatic N) is 1. The SMILES string of the molecule is CCc1ccc(CCNC(=O)C2(Cc3ccccc3)CCN(C(=O)c3ccccc3)CC2)cc1. The monoisotopic (exact) mass is 454 g/mol. The average Bonchev–Trinajstić information content (AvgIpc) is 2.90. The van der Waals surface area contributed by atoms with E-state index in [2.05, 4.69) is 48.6 Å². The zero-order valence-corrected chi connectivity index (χ0v) is 20.0.